The zero-order valence-electron chi connectivity index (χ0n) is 7.97. The number of thioether (sulfide) groups is 1. The van der Waals surface area contributed by atoms with E-state index in [0.717, 1.165) is 12.8 Å². The summed E-state index contributed by atoms with van der Waals surface area (Å²) in [6.07, 6.45) is 2.07. The van der Waals surface area contributed by atoms with E-state index in [0.29, 0.717) is 0 Å². The third-order valence-electron chi connectivity index (χ3n) is 2.75. The first-order valence-corrected chi connectivity index (χ1v) is 6.59. The number of hydrogen-bond acceptors (Lipinski definition) is 5. The molecule has 76 valence electrons. The van der Waals surface area contributed by atoms with Gasteiger partial charge in [-0.3, -0.25) is 0 Å². The number of aliphatic hydroxyl groups is 1. The Balaban J connectivity index is 0.000000980. The summed E-state index contributed by atoms with van der Waals surface area (Å²) in [6, 6.07) is 0. The van der Waals surface area contributed by atoms with Crippen molar-refractivity contribution in [1.29, 1.82) is 0 Å². The molecule has 2 heterocycles. The van der Waals surface area contributed by atoms with Gasteiger partial charge in [-0.2, -0.15) is 11.8 Å². The summed E-state index contributed by atoms with van der Waals surface area (Å²) in [5.41, 5.74) is 0. The maximum absolute atomic E-state index is 10.8. The van der Waals surface area contributed by atoms with Gasteiger partial charge in [0.15, 0.2) is 4.93 Å². The summed E-state index contributed by atoms with van der Waals surface area (Å²) < 4.78 is 32.4. The second-order valence-electron chi connectivity index (χ2n) is 3.77. The first-order chi connectivity index (χ1) is 5.91. The van der Waals surface area contributed by atoms with E-state index in [4.69, 9.17) is 0 Å². The Morgan fingerprint density at radius 2 is 1.71 bits per heavy atom. The van der Waals surface area contributed by atoms with Crippen molar-refractivity contribution in [1.82, 2.24) is 0 Å². The molecule has 2 saturated heterocycles. The van der Waals surface area contributed by atoms with Crippen LogP contribution >= 0.6 is 11.8 Å². The zero-order valence-corrected chi connectivity index (χ0v) is 11.6. The van der Waals surface area contributed by atoms with Crippen molar-refractivity contribution in [3.05, 3.63) is 0 Å². The largest absolute Gasteiger partial charge is 1.00 e. The van der Waals surface area contributed by atoms with E-state index in [1.165, 1.54) is 0 Å². The maximum atomic E-state index is 10.8. The number of hydrogen-bond donors (Lipinski definition) is 1. The molecule has 4 nitrogen and oxygen atoms in total. The van der Waals surface area contributed by atoms with Crippen molar-refractivity contribution in [2.24, 2.45) is 0 Å². The monoisotopic (exact) mass is 246 g/mol. The molecular weight excluding hydrogens is 235 g/mol. The van der Waals surface area contributed by atoms with Gasteiger partial charge < -0.3 is 9.66 Å². The Kier molecular flexibility index (Phi) is 4.02. The first-order valence-electron chi connectivity index (χ1n) is 4.24. The summed E-state index contributed by atoms with van der Waals surface area (Å²) in [5.74, 6) is 0. The fourth-order valence-electron chi connectivity index (χ4n) is 2.08. The topological polar surface area (TPSA) is 77.4 Å². The third kappa shape index (κ3) is 2.31. The zero-order chi connectivity index (χ0) is 9.69. The SMILES string of the molecule is O=S(=O)([O-])C1(O)CC2CCC(C1)S2.[Na+]. The molecule has 2 aliphatic rings. The molecule has 0 saturated carbocycles. The fraction of sp³-hybridized carbons (Fsp3) is 1.00. The average molecular weight is 246 g/mol. The van der Waals surface area contributed by atoms with Gasteiger partial charge in [-0.25, -0.2) is 8.42 Å². The standard InChI is InChI=1S/C7H12O4S2.Na/c8-7(13(9,10)11)3-5-1-2-6(4-7)12-5;/h5-6,8H,1-4H2,(H,9,10,11);/q;+1/p-1. The van der Waals surface area contributed by atoms with Crippen LogP contribution in [-0.4, -0.2) is 33.5 Å². The Bertz CT molecular complexity index is 304. The molecule has 2 bridgehead atoms. The summed E-state index contributed by atoms with van der Waals surface area (Å²) in [7, 11) is -4.56. The molecule has 0 aliphatic carbocycles. The predicted molar refractivity (Wildman–Crippen MR) is 48.3 cm³/mol. The molecule has 0 aromatic rings. The van der Waals surface area contributed by atoms with Crippen molar-refractivity contribution < 1.29 is 47.6 Å². The van der Waals surface area contributed by atoms with E-state index in [9.17, 15) is 18.1 Å². The predicted octanol–water partition coefficient (Wildman–Crippen LogP) is -2.72. The maximum Gasteiger partial charge on any atom is 1.00 e. The number of rotatable bonds is 1. The van der Waals surface area contributed by atoms with Crippen LogP contribution in [-0.2, 0) is 10.1 Å². The minimum Gasteiger partial charge on any atom is -0.746 e. The van der Waals surface area contributed by atoms with Crippen LogP contribution in [0.3, 0.4) is 0 Å². The van der Waals surface area contributed by atoms with Crippen molar-refractivity contribution in [2.75, 3.05) is 0 Å². The Labute approximate surface area is 110 Å². The van der Waals surface area contributed by atoms with Crippen molar-refractivity contribution in [3.63, 3.8) is 0 Å². The summed E-state index contributed by atoms with van der Waals surface area (Å²) >= 11 is 1.71. The average Bonchev–Trinajstić information content (AvgIpc) is 2.28. The molecule has 0 aromatic carbocycles. The van der Waals surface area contributed by atoms with Crippen LogP contribution in [0.2, 0.25) is 0 Å². The molecule has 0 radical (unpaired) electrons. The smallest absolute Gasteiger partial charge is 0.746 e. The van der Waals surface area contributed by atoms with Crippen LogP contribution in [0.15, 0.2) is 0 Å². The van der Waals surface area contributed by atoms with E-state index in [2.05, 4.69) is 0 Å². The van der Waals surface area contributed by atoms with Crippen molar-refractivity contribution in [2.45, 2.75) is 41.1 Å². The fourth-order valence-corrected chi connectivity index (χ4v) is 4.93. The van der Waals surface area contributed by atoms with Gasteiger partial charge in [0.05, 0.1) is 0 Å². The molecule has 2 fully saturated rings. The Morgan fingerprint density at radius 3 is 2.07 bits per heavy atom. The summed E-state index contributed by atoms with van der Waals surface area (Å²) in [6.45, 7) is 0. The van der Waals surface area contributed by atoms with Gasteiger partial charge in [0.1, 0.15) is 10.1 Å². The van der Waals surface area contributed by atoms with Crippen molar-refractivity contribution in [3.8, 4) is 0 Å². The van der Waals surface area contributed by atoms with Crippen LogP contribution in [0.5, 0.6) is 0 Å². The molecule has 1 N–H and O–H groups in total. The quantitative estimate of drug-likeness (QED) is 0.402. The summed E-state index contributed by atoms with van der Waals surface area (Å²) in [4.78, 5) is -1.98. The molecule has 2 atom stereocenters. The molecular formula is C7H11NaO4S2. The van der Waals surface area contributed by atoms with Crippen LogP contribution in [0, 0.1) is 0 Å². The molecule has 2 rings (SSSR count). The van der Waals surface area contributed by atoms with Crippen LogP contribution < -0.4 is 29.6 Å². The van der Waals surface area contributed by atoms with E-state index in [1.54, 1.807) is 11.8 Å². The minimum absolute atomic E-state index is 0. The van der Waals surface area contributed by atoms with Gasteiger partial charge in [0, 0.05) is 23.3 Å². The minimum atomic E-state index is -4.56. The van der Waals surface area contributed by atoms with E-state index >= 15 is 0 Å². The molecule has 0 aromatic heterocycles. The summed E-state index contributed by atoms with van der Waals surface area (Å²) in [5, 5.41) is 9.99. The van der Waals surface area contributed by atoms with Crippen LogP contribution in [0.4, 0.5) is 0 Å². The van der Waals surface area contributed by atoms with Gasteiger partial charge >= 0.3 is 29.6 Å². The van der Waals surface area contributed by atoms with Crippen LogP contribution in [0.1, 0.15) is 25.7 Å². The van der Waals surface area contributed by atoms with Gasteiger partial charge in [0.2, 0.25) is 0 Å². The second kappa shape index (κ2) is 4.24. The molecule has 0 spiro atoms. The van der Waals surface area contributed by atoms with Gasteiger partial charge in [-0.1, -0.05) is 0 Å². The molecule has 14 heavy (non-hydrogen) atoms. The second-order valence-corrected chi connectivity index (χ2v) is 7.04. The normalized spacial score (nSPS) is 41.9. The van der Waals surface area contributed by atoms with Gasteiger partial charge in [0.25, 0.3) is 0 Å². The van der Waals surface area contributed by atoms with Crippen LogP contribution in [0.25, 0.3) is 0 Å². The molecule has 2 aliphatic heterocycles. The van der Waals surface area contributed by atoms with E-state index in [1.807, 2.05) is 0 Å². The molecule has 7 heteroatoms. The molecule has 2 unspecified atom stereocenters. The Morgan fingerprint density at radius 1 is 1.29 bits per heavy atom. The number of fused-ring (bicyclic) bond motifs is 2. The van der Waals surface area contributed by atoms with Gasteiger partial charge in [-0.05, 0) is 12.8 Å². The van der Waals surface area contributed by atoms with E-state index < -0.39 is 15.1 Å². The van der Waals surface area contributed by atoms with Crippen molar-refractivity contribution >= 4 is 21.9 Å². The molecule has 0 amide bonds. The first kappa shape index (κ1) is 13.3. The van der Waals surface area contributed by atoms with Gasteiger partial charge in [-0.15, -0.1) is 0 Å². The third-order valence-corrected chi connectivity index (χ3v) is 5.59. The van der Waals surface area contributed by atoms with E-state index in [-0.39, 0.29) is 52.9 Å². The Hall–Kier alpha value is 1.22.